The Morgan fingerprint density at radius 3 is 2.46 bits per heavy atom. The van der Waals surface area contributed by atoms with Crippen LogP contribution in [0, 0.1) is 0 Å². The molecule has 0 saturated carbocycles. The van der Waals surface area contributed by atoms with Crippen molar-refractivity contribution in [3.63, 3.8) is 0 Å². The SMILES string of the molecule is CCOC(=O)c1ccc(N2C(=O)C[C@H](Sc3cccc(NC(=O)/C(=C/c4cc(OC)c5c(c4)OCO5)NC(=O)c4ccccc4)c3)C2=O)cc1. The maximum absolute atomic E-state index is 13.7. The second-order valence-corrected chi connectivity index (χ2v) is 12.2. The molecular weight excluding hydrogens is 662 g/mol. The quantitative estimate of drug-likeness (QED) is 0.118. The summed E-state index contributed by atoms with van der Waals surface area (Å²) in [6, 6.07) is 24.7. The van der Waals surface area contributed by atoms with E-state index >= 15 is 0 Å². The van der Waals surface area contributed by atoms with Crippen molar-refractivity contribution in [1.29, 1.82) is 0 Å². The number of thioether (sulfide) groups is 1. The van der Waals surface area contributed by atoms with Crippen LogP contribution in [0.4, 0.5) is 11.4 Å². The zero-order valence-electron chi connectivity index (χ0n) is 27.0. The minimum atomic E-state index is -0.709. The van der Waals surface area contributed by atoms with Crippen LogP contribution < -0.4 is 29.7 Å². The minimum Gasteiger partial charge on any atom is -0.493 e. The maximum atomic E-state index is 13.7. The molecule has 13 heteroatoms. The molecule has 0 bridgehead atoms. The number of hydrogen-bond donors (Lipinski definition) is 2. The summed E-state index contributed by atoms with van der Waals surface area (Å²) in [6.45, 7) is 1.96. The highest BCUT2D eigenvalue weighted by molar-refractivity contribution is 8.00. The summed E-state index contributed by atoms with van der Waals surface area (Å²) in [4.78, 5) is 66.9. The first-order valence-electron chi connectivity index (χ1n) is 15.5. The molecular formula is C37H31N3O9S. The average Bonchev–Trinajstić information content (AvgIpc) is 3.71. The lowest BCUT2D eigenvalue weighted by molar-refractivity contribution is -0.121. The van der Waals surface area contributed by atoms with Crippen LogP contribution in [0.15, 0.2) is 102 Å². The molecule has 4 amide bonds. The molecule has 4 aromatic rings. The van der Waals surface area contributed by atoms with Crippen molar-refractivity contribution < 1.29 is 42.9 Å². The number of nitrogens with zero attached hydrogens (tertiary/aromatic N) is 1. The highest BCUT2D eigenvalue weighted by Crippen LogP contribution is 2.42. The van der Waals surface area contributed by atoms with Gasteiger partial charge in [0, 0.05) is 22.6 Å². The molecule has 2 heterocycles. The first kappa shape index (κ1) is 33.8. The molecule has 6 rings (SSSR count). The molecule has 1 atom stereocenters. The highest BCUT2D eigenvalue weighted by Gasteiger charge is 2.40. The Labute approximate surface area is 291 Å². The molecule has 2 aliphatic heterocycles. The number of carbonyl (C=O) groups is 5. The van der Waals surface area contributed by atoms with Crippen LogP contribution >= 0.6 is 11.8 Å². The minimum absolute atomic E-state index is 0.0220. The molecule has 4 aromatic carbocycles. The van der Waals surface area contributed by atoms with E-state index in [-0.39, 0.29) is 31.4 Å². The number of methoxy groups -OCH3 is 1. The lowest BCUT2D eigenvalue weighted by Gasteiger charge is -2.16. The Morgan fingerprint density at radius 1 is 0.940 bits per heavy atom. The van der Waals surface area contributed by atoms with Crippen LogP contribution in [0.3, 0.4) is 0 Å². The topological polar surface area (TPSA) is 150 Å². The Kier molecular flexibility index (Phi) is 10.1. The van der Waals surface area contributed by atoms with Gasteiger partial charge in [0.15, 0.2) is 11.5 Å². The number of imide groups is 1. The molecule has 0 radical (unpaired) electrons. The van der Waals surface area contributed by atoms with Crippen molar-refractivity contribution in [2.45, 2.75) is 23.5 Å². The molecule has 2 aliphatic rings. The van der Waals surface area contributed by atoms with Crippen LogP contribution in [-0.2, 0) is 19.1 Å². The van der Waals surface area contributed by atoms with Crippen molar-refractivity contribution >= 4 is 58.8 Å². The summed E-state index contributed by atoms with van der Waals surface area (Å²) in [6.07, 6.45) is 1.47. The lowest BCUT2D eigenvalue weighted by atomic mass is 10.1. The van der Waals surface area contributed by atoms with Crippen LogP contribution in [0.1, 0.15) is 39.6 Å². The number of hydrogen-bond acceptors (Lipinski definition) is 10. The number of fused-ring (bicyclic) bond motifs is 1. The monoisotopic (exact) mass is 693 g/mol. The van der Waals surface area contributed by atoms with Gasteiger partial charge >= 0.3 is 5.97 Å². The number of esters is 1. The number of ether oxygens (including phenoxy) is 4. The predicted octanol–water partition coefficient (Wildman–Crippen LogP) is 5.43. The van der Waals surface area contributed by atoms with Gasteiger partial charge in [0.05, 0.1) is 30.2 Å². The third-order valence-electron chi connectivity index (χ3n) is 7.63. The summed E-state index contributed by atoms with van der Waals surface area (Å²) >= 11 is 1.19. The van der Waals surface area contributed by atoms with Gasteiger partial charge in [0.25, 0.3) is 11.8 Å². The van der Waals surface area contributed by atoms with Crippen molar-refractivity contribution in [2.24, 2.45) is 0 Å². The third-order valence-corrected chi connectivity index (χ3v) is 8.81. The van der Waals surface area contributed by atoms with E-state index in [1.54, 1.807) is 73.7 Å². The number of anilines is 2. The molecule has 0 aliphatic carbocycles. The van der Waals surface area contributed by atoms with Gasteiger partial charge in [0.1, 0.15) is 5.70 Å². The van der Waals surface area contributed by atoms with Crippen LogP contribution in [-0.4, -0.2) is 55.4 Å². The molecule has 254 valence electrons. The van der Waals surface area contributed by atoms with E-state index in [1.807, 2.05) is 0 Å². The molecule has 1 saturated heterocycles. The van der Waals surface area contributed by atoms with Crippen molar-refractivity contribution in [3.8, 4) is 17.2 Å². The third kappa shape index (κ3) is 7.47. The van der Waals surface area contributed by atoms with Gasteiger partial charge in [-0.1, -0.05) is 24.3 Å². The maximum Gasteiger partial charge on any atom is 0.338 e. The van der Waals surface area contributed by atoms with Gasteiger partial charge in [-0.25, -0.2) is 9.69 Å². The van der Waals surface area contributed by atoms with Gasteiger partial charge < -0.3 is 29.6 Å². The number of carbonyl (C=O) groups excluding carboxylic acids is 5. The summed E-state index contributed by atoms with van der Waals surface area (Å²) in [7, 11) is 1.48. The number of amides is 4. The smallest absolute Gasteiger partial charge is 0.338 e. The van der Waals surface area contributed by atoms with Crippen LogP contribution in [0.25, 0.3) is 6.08 Å². The molecule has 2 N–H and O–H groups in total. The molecule has 1 fully saturated rings. The molecule has 50 heavy (non-hydrogen) atoms. The van der Waals surface area contributed by atoms with E-state index in [4.69, 9.17) is 18.9 Å². The first-order valence-corrected chi connectivity index (χ1v) is 16.4. The van der Waals surface area contributed by atoms with E-state index < -0.39 is 28.9 Å². The van der Waals surface area contributed by atoms with E-state index in [1.165, 1.54) is 49.2 Å². The largest absolute Gasteiger partial charge is 0.493 e. The van der Waals surface area contributed by atoms with E-state index in [0.717, 1.165) is 4.90 Å². The zero-order chi connectivity index (χ0) is 35.2. The number of benzene rings is 4. The molecule has 0 spiro atoms. The molecule has 0 unspecified atom stereocenters. The molecule has 12 nitrogen and oxygen atoms in total. The van der Waals surface area contributed by atoms with E-state index in [9.17, 15) is 24.0 Å². The van der Waals surface area contributed by atoms with Gasteiger partial charge in [-0.3, -0.25) is 19.2 Å². The van der Waals surface area contributed by atoms with Crippen LogP contribution in [0.2, 0.25) is 0 Å². The summed E-state index contributed by atoms with van der Waals surface area (Å²) in [5, 5.41) is 4.82. The second kappa shape index (κ2) is 15.0. The fourth-order valence-electron chi connectivity index (χ4n) is 5.28. The zero-order valence-corrected chi connectivity index (χ0v) is 27.8. The van der Waals surface area contributed by atoms with Gasteiger partial charge in [-0.05, 0) is 85.3 Å². The first-order chi connectivity index (χ1) is 24.2. The Hall–Kier alpha value is -6.08. The van der Waals surface area contributed by atoms with Crippen molar-refractivity contribution in [3.05, 3.63) is 113 Å². The molecule has 0 aromatic heterocycles. The standard InChI is InChI=1S/C37H31N3O9S/c1-3-47-37(45)24-12-14-26(15-13-24)40-32(41)20-31(36(40)44)50-27-11-7-10-25(19-27)38-35(43)28(39-34(42)23-8-5-4-6-9-23)16-22-17-29(46-2)33-30(18-22)48-21-49-33/h4-19,31H,3,20-21H2,1-2H3,(H,38,43)(H,39,42)/b28-16-/t31-/m0/s1. The second-order valence-electron chi connectivity index (χ2n) is 11.0. The van der Waals surface area contributed by atoms with E-state index in [0.29, 0.717) is 50.2 Å². The highest BCUT2D eigenvalue weighted by atomic mass is 32.2. The Morgan fingerprint density at radius 2 is 1.72 bits per heavy atom. The van der Waals surface area contributed by atoms with Gasteiger partial charge in [-0.15, -0.1) is 11.8 Å². The number of rotatable bonds is 11. The van der Waals surface area contributed by atoms with Crippen LogP contribution in [0.5, 0.6) is 17.2 Å². The Balaban J connectivity index is 1.19. The van der Waals surface area contributed by atoms with Gasteiger partial charge in [-0.2, -0.15) is 0 Å². The average molecular weight is 694 g/mol. The predicted molar refractivity (Wildman–Crippen MR) is 185 cm³/mol. The van der Waals surface area contributed by atoms with E-state index in [2.05, 4.69) is 10.6 Å². The summed E-state index contributed by atoms with van der Waals surface area (Å²) < 4.78 is 21.4. The summed E-state index contributed by atoms with van der Waals surface area (Å²) in [5.74, 6) is -1.09. The Bertz CT molecular complexity index is 2000. The summed E-state index contributed by atoms with van der Waals surface area (Å²) in [5.41, 5.74) is 1.87. The van der Waals surface area contributed by atoms with Gasteiger partial charge in [0.2, 0.25) is 24.4 Å². The number of nitrogens with one attached hydrogen (secondary N) is 2. The fraction of sp³-hybridized carbons (Fsp3) is 0.162. The lowest BCUT2D eigenvalue weighted by Crippen LogP contribution is -2.31. The van der Waals surface area contributed by atoms with Crippen molar-refractivity contribution in [2.75, 3.05) is 30.7 Å². The normalized spacial score (nSPS) is 15.1. The fourth-order valence-corrected chi connectivity index (χ4v) is 6.39. The van der Waals surface area contributed by atoms with Crippen molar-refractivity contribution in [1.82, 2.24) is 5.32 Å².